The van der Waals surface area contributed by atoms with E-state index in [1.54, 1.807) is 28.2 Å². The van der Waals surface area contributed by atoms with Crippen molar-refractivity contribution in [2.45, 2.75) is 43.3 Å². The second-order valence-corrected chi connectivity index (χ2v) is 10.2. The van der Waals surface area contributed by atoms with Crippen LogP contribution in [-0.2, 0) is 14.8 Å². The van der Waals surface area contributed by atoms with E-state index in [1.165, 1.54) is 0 Å². The van der Waals surface area contributed by atoms with Crippen LogP contribution in [0.25, 0.3) is 22.2 Å². The monoisotopic (exact) mass is 482 g/mol. The predicted molar refractivity (Wildman–Crippen MR) is 114 cm³/mol. The van der Waals surface area contributed by atoms with Crippen LogP contribution in [0.2, 0.25) is 0 Å². The minimum Gasteiger partial charge on any atom is -0.346 e. The largest absolute Gasteiger partial charge is 0.511 e. The number of carbonyl (C=O) groups excluding carboxylic acids is 1. The lowest BCUT2D eigenvalue weighted by molar-refractivity contribution is -0.107. The summed E-state index contributed by atoms with van der Waals surface area (Å²) in [5.74, 6) is 0.538. The lowest BCUT2D eigenvalue weighted by Crippen LogP contribution is -2.45. The molecule has 0 spiro atoms. The molecule has 1 aliphatic heterocycles. The zero-order valence-electron chi connectivity index (χ0n) is 17.4. The Balaban J connectivity index is 1.40. The summed E-state index contributed by atoms with van der Waals surface area (Å²) in [5, 5.41) is 5.25. The Kier molecular flexibility index (Phi) is 5.20. The van der Waals surface area contributed by atoms with Gasteiger partial charge in [-0.25, -0.2) is 13.4 Å². The van der Waals surface area contributed by atoms with Crippen molar-refractivity contribution in [2.24, 2.45) is 0 Å². The van der Waals surface area contributed by atoms with Gasteiger partial charge in [0.1, 0.15) is 11.5 Å². The van der Waals surface area contributed by atoms with Crippen LogP contribution in [0.15, 0.2) is 30.7 Å². The Morgan fingerprint density at radius 1 is 1.18 bits per heavy atom. The second kappa shape index (κ2) is 7.83. The van der Waals surface area contributed by atoms with Crippen molar-refractivity contribution in [2.75, 3.05) is 18.0 Å². The van der Waals surface area contributed by atoms with E-state index in [-0.39, 0.29) is 38.0 Å². The fourth-order valence-electron chi connectivity index (χ4n) is 4.25. The molecule has 9 nitrogen and oxygen atoms in total. The quantitative estimate of drug-likeness (QED) is 0.544. The molecular weight excluding hydrogens is 461 g/mol. The maximum Gasteiger partial charge on any atom is 0.511 e. The van der Waals surface area contributed by atoms with Gasteiger partial charge in [-0.2, -0.15) is 22.6 Å². The van der Waals surface area contributed by atoms with Crippen LogP contribution in [-0.4, -0.2) is 63.5 Å². The number of carbonyl (C=O) groups is 1. The number of halogens is 3. The summed E-state index contributed by atoms with van der Waals surface area (Å²) in [6.45, 7) is -0.447. The number of fused-ring (bicyclic) bond motifs is 1. The number of pyridine rings is 1. The molecular formula is C20H21F3N6O3S. The standard InChI is InChI=1S/C20H21F3N6O3S/c21-20(22,23)33(31,32)27-7-4-15(5-8-27)29-11-13(10-25-29)17-9-18(28(12-30)14-1-2-14)26-19-16(17)3-6-24-19/h3,6,9-12,14-15H,1-2,4-5,7-8H2,(H,24,26). The number of nitrogens with one attached hydrogen (secondary N) is 1. The molecule has 0 atom stereocenters. The zero-order chi connectivity index (χ0) is 23.4. The van der Waals surface area contributed by atoms with Crippen molar-refractivity contribution in [1.82, 2.24) is 24.1 Å². The number of hydrogen-bond donors (Lipinski definition) is 1. The Labute approximate surface area is 187 Å². The number of H-pyrrole nitrogens is 1. The molecule has 3 aromatic heterocycles. The number of aromatic amines is 1. The van der Waals surface area contributed by atoms with Crippen LogP contribution in [0.4, 0.5) is 19.0 Å². The normalized spacial score (nSPS) is 18.6. The molecule has 4 heterocycles. The number of alkyl halides is 3. The Morgan fingerprint density at radius 2 is 1.91 bits per heavy atom. The van der Waals surface area contributed by atoms with Crippen LogP contribution in [0.3, 0.4) is 0 Å². The molecule has 1 N–H and O–H groups in total. The van der Waals surface area contributed by atoms with Gasteiger partial charge in [-0.1, -0.05) is 0 Å². The molecule has 1 aliphatic carbocycles. The number of nitrogens with zero attached hydrogens (tertiary/aromatic N) is 5. The highest BCUT2D eigenvalue weighted by molar-refractivity contribution is 7.90. The molecule has 0 aromatic carbocycles. The van der Waals surface area contributed by atoms with Gasteiger partial charge in [0.15, 0.2) is 0 Å². The number of anilines is 1. The van der Waals surface area contributed by atoms with Gasteiger partial charge in [-0.05, 0) is 43.4 Å². The van der Waals surface area contributed by atoms with Crippen LogP contribution in [0.5, 0.6) is 0 Å². The first kappa shape index (κ1) is 21.9. The van der Waals surface area contributed by atoms with Gasteiger partial charge >= 0.3 is 15.5 Å². The second-order valence-electron chi connectivity index (χ2n) is 8.30. The summed E-state index contributed by atoms with van der Waals surface area (Å²) in [6.07, 6.45) is 8.30. The predicted octanol–water partition coefficient (Wildman–Crippen LogP) is 3.04. The lowest BCUT2D eigenvalue weighted by Gasteiger charge is -2.31. The molecule has 33 heavy (non-hydrogen) atoms. The molecule has 1 saturated carbocycles. The van der Waals surface area contributed by atoms with Crippen LogP contribution < -0.4 is 4.90 Å². The van der Waals surface area contributed by atoms with E-state index in [0.717, 1.165) is 35.8 Å². The van der Waals surface area contributed by atoms with E-state index in [1.807, 2.05) is 12.1 Å². The first-order valence-electron chi connectivity index (χ1n) is 10.5. The maximum atomic E-state index is 12.8. The van der Waals surface area contributed by atoms with Crippen molar-refractivity contribution in [1.29, 1.82) is 0 Å². The van der Waals surface area contributed by atoms with E-state index in [4.69, 9.17) is 0 Å². The lowest BCUT2D eigenvalue weighted by atomic mass is 10.1. The van der Waals surface area contributed by atoms with Gasteiger partial charge < -0.3 is 4.98 Å². The number of piperidine rings is 1. The summed E-state index contributed by atoms with van der Waals surface area (Å²) in [6, 6.07) is 3.64. The number of hydrogen-bond acceptors (Lipinski definition) is 5. The maximum absolute atomic E-state index is 12.8. The summed E-state index contributed by atoms with van der Waals surface area (Å²) < 4.78 is 63.9. The van der Waals surface area contributed by atoms with E-state index in [9.17, 15) is 26.4 Å². The molecule has 1 amide bonds. The highest BCUT2D eigenvalue weighted by Gasteiger charge is 2.50. The highest BCUT2D eigenvalue weighted by atomic mass is 32.2. The number of rotatable bonds is 6. The SMILES string of the molecule is O=CN(c1cc(-c2cnn(C3CCN(S(=O)(=O)C(F)(F)F)CC3)c2)c2cc[nH]c2n1)C1CC1. The molecule has 3 aromatic rings. The van der Waals surface area contributed by atoms with Crippen molar-refractivity contribution < 1.29 is 26.4 Å². The third kappa shape index (κ3) is 3.88. The van der Waals surface area contributed by atoms with Crippen LogP contribution in [0.1, 0.15) is 31.7 Å². The summed E-state index contributed by atoms with van der Waals surface area (Å²) in [4.78, 5) is 20.9. The minimum absolute atomic E-state index is 0.149. The molecule has 1 saturated heterocycles. The molecule has 2 fully saturated rings. The van der Waals surface area contributed by atoms with Gasteiger partial charge in [0.2, 0.25) is 6.41 Å². The fourth-order valence-corrected chi connectivity index (χ4v) is 5.23. The van der Waals surface area contributed by atoms with Crippen LogP contribution >= 0.6 is 0 Å². The number of sulfonamides is 1. The zero-order valence-corrected chi connectivity index (χ0v) is 18.2. The smallest absolute Gasteiger partial charge is 0.346 e. The van der Waals surface area contributed by atoms with E-state index >= 15 is 0 Å². The summed E-state index contributed by atoms with van der Waals surface area (Å²) in [5.41, 5.74) is -3.06. The van der Waals surface area contributed by atoms with Crippen molar-refractivity contribution >= 4 is 33.3 Å². The van der Waals surface area contributed by atoms with Gasteiger partial charge in [0, 0.05) is 42.5 Å². The summed E-state index contributed by atoms with van der Waals surface area (Å²) >= 11 is 0. The minimum atomic E-state index is -5.32. The highest BCUT2D eigenvalue weighted by Crippen LogP contribution is 2.36. The average molecular weight is 482 g/mol. The number of amides is 1. The van der Waals surface area contributed by atoms with Crippen molar-refractivity contribution in [3.8, 4) is 11.1 Å². The topological polar surface area (TPSA) is 104 Å². The van der Waals surface area contributed by atoms with Gasteiger partial charge in [0.05, 0.1) is 12.2 Å². The number of aromatic nitrogens is 4. The van der Waals surface area contributed by atoms with E-state index in [0.29, 0.717) is 15.8 Å². The van der Waals surface area contributed by atoms with E-state index < -0.39 is 15.5 Å². The Bertz CT molecular complexity index is 1290. The molecule has 0 radical (unpaired) electrons. The Hall–Kier alpha value is -2.93. The van der Waals surface area contributed by atoms with Gasteiger partial charge in [-0.15, -0.1) is 0 Å². The van der Waals surface area contributed by atoms with Crippen LogP contribution in [0, 0.1) is 0 Å². The molecule has 0 unspecified atom stereocenters. The molecule has 0 bridgehead atoms. The molecule has 5 rings (SSSR count). The van der Waals surface area contributed by atoms with E-state index in [2.05, 4.69) is 15.1 Å². The molecule has 13 heteroatoms. The first-order chi connectivity index (χ1) is 15.7. The first-order valence-corrected chi connectivity index (χ1v) is 12.0. The van der Waals surface area contributed by atoms with Gasteiger partial charge in [0.25, 0.3) is 0 Å². The average Bonchev–Trinajstić information content (AvgIpc) is 3.30. The van der Waals surface area contributed by atoms with Gasteiger partial charge in [-0.3, -0.25) is 14.4 Å². The fraction of sp³-hybridized carbons (Fsp3) is 0.450. The third-order valence-electron chi connectivity index (χ3n) is 6.18. The van der Waals surface area contributed by atoms with Crippen molar-refractivity contribution in [3.63, 3.8) is 0 Å². The molecule has 176 valence electrons. The molecule has 2 aliphatic rings. The Morgan fingerprint density at radius 3 is 2.55 bits per heavy atom. The summed E-state index contributed by atoms with van der Waals surface area (Å²) in [7, 11) is -5.32. The van der Waals surface area contributed by atoms with Crippen molar-refractivity contribution in [3.05, 3.63) is 30.7 Å². The third-order valence-corrected chi connectivity index (χ3v) is 7.81.